The summed E-state index contributed by atoms with van der Waals surface area (Å²) in [7, 11) is 1.60. The van der Waals surface area contributed by atoms with Crippen LogP contribution in [0.15, 0.2) is 48.5 Å². The van der Waals surface area contributed by atoms with Crippen LogP contribution in [0.3, 0.4) is 0 Å². The average molecular weight is 341 g/mol. The molecule has 0 fully saturated rings. The Kier molecular flexibility index (Phi) is 6.39. The summed E-state index contributed by atoms with van der Waals surface area (Å²) in [6.45, 7) is 3.78. The normalized spacial score (nSPS) is 10.2. The Labute approximate surface area is 147 Å². The standard InChI is InChI=1S/C19H23N3O3/c1-13(2)19(24)22-16-6-4-5-15(11-16)21-18(23)12-20-14-7-9-17(25-3)10-8-14/h4-11,13,20H,12H2,1-3H3,(H,21,23)(H,22,24). The van der Waals surface area contributed by atoms with Crippen molar-refractivity contribution in [3.8, 4) is 5.75 Å². The highest BCUT2D eigenvalue weighted by Crippen LogP contribution is 2.17. The van der Waals surface area contributed by atoms with Gasteiger partial charge in [0, 0.05) is 23.0 Å². The van der Waals surface area contributed by atoms with Crippen molar-refractivity contribution in [2.75, 3.05) is 29.6 Å². The number of amides is 2. The number of rotatable bonds is 7. The summed E-state index contributed by atoms with van der Waals surface area (Å²) < 4.78 is 5.09. The molecule has 0 aliphatic carbocycles. The van der Waals surface area contributed by atoms with E-state index in [1.807, 2.05) is 38.1 Å². The van der Waals surface area contributed by atoms with Crippen molar-refractivity contribution >= 4 is 28.9 Å². The molecule has 0 heterocycles. The van der Waals surface area contributed by atoms with Gasteiger partial charge in [-0.2, -0.15) is 0 Å². The zero-order valence-electron chi connectivity index (χ0n) is 14.6. The molecule has 6 heteroatoms. The highest BCUT2D eigenvalue weighted by Gasteiger charge is 2.08. The van der Waals surface area contributed by atoms with Gasteiger partial charge in [-0.25, -0.2) is 0 Å². The van der Waals surface area contributed by atoms with Gasteiger partial charge in [0.15, 0.2) is 0 Å². The van der Waals surface area contributed by atoms with Gasteiger partial charge in [-0.15, -0.1) is 0 Å². The molecule has 0 radical (unpaired) electrons. The summed E-state index contributed by atoms with van der Waals surface area (Å²) >= 11 is 0. The Morgan fingerprint density at radius 1 is 0.960 bits per heavy atom. The van der Waals surface area contributed by atoms with Crippen LogP contribution in [-0.2, 0) is 9.59 Å². The van der Waals surface area contributed by atoms with Crippen molar-refractivity contribution in [3.05, 3.63) is 48.5 Å². The molecule has 0 aromatic heterocycles. The van der Waals surface area contributed by atoms with Crippen LogP contribution in [0.25, 0.3) is 0 Å². The highest BCUT2D eigenvalue weighted by molar-refractivity contribution is 5.96. The van der Waals surface area contributed by atoms with E-state index in [0.717, 1.165) is 11.4 Å². The van der Waals surface area contributed by atoms with Crippen LogP contribution in [-0.4, -0.2) is 25.5 Å². The van der Waals surface area contributed by atoms with Gasteiger partial charge < -0.3 is 20.7 Å². The maximum Gasteiger partial charge on any atom is 0.243 e. The minimum Gasteiger partial charge on any atom is -0.497 e. The van der Waals surface area contributed by atoms with Crippen LogP contribution >= 0.6 is 0 Å². The lowest BCUT2D eigenvalue weighted by molar-refractivity contribution is -0.119. The fourth-order valence-electron chi connectivity index (χ4n) is 2.06. The van der Waals surface area contributed by atoms with Crippen molar-refractivity contribution in [3.63, 3.8) is 0 Å². The van der Waals surface area contributed by atoms with Crippen molar-refractivity contribution < 1.29 is 14.3 Å². The quantitative estimate of drug-likeness (QED) is 0.722. The first-order valence-electron chi connectivity index (χ1n) is 8.06. The molecule has 0 aliphatic rings. The third-order valence-electron chi connectivity index (χ3n) is 3.48. The lowest BCUT2D eigenvalue weighted by Crippen LogP contribution is -2.22. The van der Waals surface area contributed by atoms with Crippen LogP contribution in [0.5, 0.6) is 5.75 Å². The number of carbonyl (C=O) groups is 2. The smallest absolute Gasteiger partial charge is 0.243 e. The molecule has 0 aliphatic heterocycles. The lowest BCUT2D eigenvalue weighted by Gasteiger charge is -2.11. The lowest BCUT2D eigenvalue weighted by atomic mass is 10.2. The molecule has 132 valence electrons. The molecule has 3 N–H and O–H groups in total. The Morgan fingerprint density at radius 2 is 1.60 bits per heavy atom. The number of anilines is 3. The molecule has 0 atom stereocenters. The van der Waals surface area contributed by atoms with E-state index in [2.05, 4.69) is 16.0 Å². The first kappa shape index (κ1) is 18.3. The summed E-state index contributed by atoms with van der Waals surface area (Å²) in [5.41, 5.74) is 2.11. The number of ether oxygens (including phenoxy) is 1. The van der Waals surface area contributed by atoms with Crippen LogP contribution in [0.1, 0.15) is 13.8 Å². The number of methoxy groups -OCH3 is 1. The Bertz CT molecular complexity index is 727. The van der Waals surface area contributed by atoms with E-state index < -0.39 is 0 Å². The average Bonchev–Trinajstić information content (AvgIpc) is 2.60. The van der Waals surface area contributed by atoms with Gasteiger partial charge in [0.1, 0.15) is 5.75 Å². The molecule has 6 nitrogen and oxygen atoms in total. The van der Waals surface area contributed by atoms with Crippen LogP contribution in [0.4, 0.5) is 17.1 Å². The first-order valence-corrected chi connectivity index (χ1v) is 8.06. The van der Waals surface area contributed by atoms with E-state index in [0.29, 0.717) is 11.4 Å². The topological polar surface area (TPSA) is 79.5 Å². The molecular weight excluding hydrogens is 318 g/mol. The maximum absolute atomic E-state index is 12.1. The maximum atomic E-state index is 12.1. The van der Waals surface area contributed by atoms with Crippen LogP contribution in [0.2, 0.25) is 0 Å². The van der Waals surface area contributed by atoms with Gasteiger partial charge in [0.25, 0.3) is 0 Å². The number of hydrogen-bond acceptors (Lipinski definition) is 4. The van der Waals surface area contributed by atoms with Gasteiger partial charge in [-0.05, 0) is 42.5 Å². The molecule has 0 bridgehead atoms. The molecule has 0 saturated heterocycles. The molecule has 0 unspecified atom stereocenters. The van der Waals surface area contributed by atoms with Crippen molar-refractivity contribution in [1.29, 1.82) is 0 Å². The van der Waals surface area contributed by atoms with E-state index >= 15 is 0 Å². The second kappa shape index (κ2) is 8.73. The molecule has 2 amide bonds. The van der Waals surface area contributed by atoms with Gasteiger partial charge in [0.2, 0.25) is 11.8 Å². The molecule has 0 spiro atoms. The summed E-state index contributed by atoms with van der Waals surface area (Å²) in [6, 6.07) is 14.4. The number of nitrogens with one attached hydrogen (secondary N) is 3. The predicted molar refractivity (Wildman–Crippen MR) is 100 cm³/mol. The molecule has 2 rings (SSSR count). The Balaban J connectivity index is 1.88. The number of hydrogen-bond donors (Lipinski definition) is 3. The fraction of sp³-hybridized carbons (Fsp3) is 0.263. The first-order chi connectivity index (χ1) is 12.0. The largest absolute Gasteiger partial charge is 0.497 e. The highest BCUT2D eigenvalue weighted by atomic mass is 16.5. The summed E-state index contributed by atoms with van der Waals surface area (Å²) in [5.74, 6) is 0.412. The SMILES string of the molecule is COc1ccc(NCC(=O)Nc2cccc(NC(=O)C(C)C)c2)cc1. The van der Waals surface area contributed by atoms with E-state index in [1.54, 1.807) is 31.4 Å². The number of carbonyl (C=O) groups excluding carboxylic acids is 2. The molecule has 2 aromatic carbocycles. The zero-order chi connectivity index (χ0) is 18.2. The van der Waals surface area contributed by atoms with Crippen molar-refractivity contribution in [2.45, 2.75) is 13.8 Å². The van der Waals surface area contributed by atoms with Gasteiger partial charge in [0.05, 0.1) is 13.7 Å². The molecule has 0 saturated carbocycles. The van der Waals surface area contributed by atoms with Crippen LogP contribution < -0.4 is 20.7 Å². The summed E-state index contributed by atoms with van der Waals surface area (Å²) in [6.07, 6.45) is 0. The number of benzene rings is 2. The molecule has 2 aromatic rings. The van der Waals surface area contributed by atoms with Gasteiger partial charge >= 0.3 is 0 Å². The third kappa shape index (κ3) is 5.84. The summed E-state index contributed by atoms with van der Waals surface area (Å²) in [4.78, 5) is 23.8. The Hall–Kier alpha value is -3.02. The Morgan fingerprint density at radius 3 is 2.20 bits per heavy atom. The molecular formula is C19H23N3O3. The van der Waals surface area contributed by atoms with Gasteiger partial charge in [-0.1, -0.05) is 19.9 Å². The minimum absolute atomic E-state index is 0.0651. The third-order valence-corrected chi connectivity index (χ3v) is 3.48. The summed E-state index contributed by atoms with van der Waals surface area (Å²) in [5, 5.41) is 8.65. The van der Waals surface area contributed by atoms with Gasteiger partial charge in [-0.3, -0.25) is 9.59 Å². The van der Waals surface area contributed by atoms with E-state index in [-0.39, 0.29) is 24.3 Å². The monoisotopic (exact) mass is 341 g/mol. The predicted octanol–water partition coefficient (Wildman–Crippen LogP) is 3.34. The van der Waals surface area contributed by atoms with E-state index in [9.17, 15) is 9.59 Å². The fourth-order valence-corrected chi connectivity index (χ4v) is 2.06. The van der Waals surface area contributed by atoms with E-state index in [1.165, 1.54) is 0 Å². The zero-order valence-corrected chi connectivity index (χ0v) is 14.6. The van der Waals surface area contributed by atoms with Crippen molar-refractivity contribution in [1.82, 2.24) is 0 Å². The van der Waals surface area contributed by atoms with Crippen LogP contribution in [0, 0.1) is 5.92 Å². The molecule has 25 heavy (non-hydrogen) atoms. The minimum atomic E-state index is -0.178. The second-order valence-electron chi connectivity index (χ2n) is 5.85. The second-order valence-corrected chi connectivity index (χ2v) is 5.85. The van der Waals surface area contributed by atoms with E-state index in [4.69, 9.17) is 4.74 Å². The van der Waals surface area contributed by atoms with Crippen molar-refractivity contribution in [2.24, 2.45) is 5.92 Å².